The van der Waals surface area contributed by atoms with Gasteiger partial charge in [0.1, 0.15) is 0 Å². The summed E-state index contributed by atoms with van der Waals surface area (Å²) in [6.45, 7) is 0. The molecule has 20 heavy (non-hydrogen) atoms. The molecule has 100 valence electrons. The molecule has 0 fully saturated rings. The number of fused-ring (bicyclic) bond motifs is 1. The van der Waals surface area contributed by atoms with Gasteiger partial charge in [0, 0.05) is 20.2 Å². The van der Waals surface area contributed by atoms with E-state index < -0.39 is 0 Å². The molecule has 1 heterocycles. The smallest absolute Gasteiger partial charge is 0.257 e. The van der Waals surface area contributed by atoms with Crippen LogP contribution in [0, 0.1) is 3.57 Å². The number of para-hydroxylation sites is 1. The first-order valence-corrected chi connectivity index (χ1v) is 7.43. The zero-order chi connectivity index (χ0) is 14.1. The fourth-order valence-corrected chi connectivity index (χ4v) is 3.06. The van der Waals surface area contributed by atoms with Crippen LogP contribution in [-0.4, -0.2) is 10.9 Å². The molecule has 1 aromatic heterocycles. The molecule has 3 rings (SSSR count). The third-order valence-corrected chi connectivity index (χ3v) is 4.14. The lowest BCUT2D eigenvalue weighted by atomic mass is 10.1. The summed E-state index contributed by atoms with van der Waals surface area (Å²) >= 11 is 8.06. The van der Waals surface area contributed by atoms with Gasteiger partial charge >= 0.3 is 0 Å². The largest absolute Gasteiger partial charge is 0.361 e. The van der Waals surface area contributed by atoms with Gasteiger partial charge in [0.2, 0.25) is 0 Å². The zero-order valence-corrected chi connectivity index (χ0v) is 13.2. The van der Waals surface area contributed by atoms with Crippen molar-refractivity contribution >= 4 is 56.7 Å². The predicted octanol–water partition coefficient (Wildman–Crippen LogP) is 4.68. The summed E-state index contributed by atoms with van der Waals surface area (Å²) in [6, 6.07) is 13.0. The Morgan fingerprint density at radius 1 is 1.20 bits per heavy atom. The second-order valence-corrected chi connectivity index (χ2v) is 5.92. The molecule has 0 bridgehead atoms. The van der Waals surface area contributed by atoms with Crippen LogP contribution in [0.4, 0.5) is 5.69 Å². The van der Waals surface area contributed by atoms with Gasteiger partial charge in [-0.3, -0.25) is 4.79 Å². The van der Waals surface area contributed by atoms with Crippen molar-refractivity contribution in [2.45, 2.75) is 0 Å². The number of hydrogen-bond donors (Lipinski definition) is 2. The third-order valence-electron chi connectivity index (χ3n) is 3.01. The predicted molar refractivity (Wildman–Crippen MR) is 90.4 cm³/mol. The average molecular weight is 397 g/mol. The summed E-state index contributed by atoms with van der Waals surface area (Å²) in [5.41, 5.74) is 2.22. The molecule has 0 aliphatic carbocycles. The summed E-state index contributed by atoms with van der Waals surface area (Å²) in [7, 11) is 0. The van der Waals surface area contributed by atoms with E-state index in [1.165, 1.54) is 0 Å². The Balaban J connectivity index is 1.95. The third kappa shape index (κ3) is 2.53. The quantitative estimate of drug-likeness (QED) is 0.607. The van der Waals surface area contributed by atoms with Crippen molar-refractivity contribution in [3.8, 4) is 0 Å². The van der Waals surface area contributed by atoms with Crippen LogP contribution in [0.3, 0.4) is 0 Å². The van der Waals surface area contributed by atoms with Gasteiger partial charge in [0.25, 0.3) is 5.91 Å². The highest BCUT2D eigenvalue weighted by Crippen LogP contribution is 2.24. The van der Waals surface area contributed by atoms with Gasteiger partial charge in [-0.1, -0.05) is 23.7 Å². The van der Waals surface area contributed by atoms with E-state index >= 15 is 0 Å². The Morgan fingerprint density at radius 3 is 2.85 bits per heavy atom. The van der Waals surface area contributed by atoms with Crippen LogP contribution in [0.25, 0.3) is 10.9 Å². The molecule has 0 saturated heterocycles. The highest BCUT2D eigenvalue weighted by atomic mass is 127. The minimum atomic E-state index is -0.140. The monoisotopic (exact) mass is 396 g/mol. The number of amides is 1. The minimum absolute atomic E-state index is 0.140. The van der Waals surface area contributed by atoms with Crippen LogP contribution >= 0.6 is 34.2 Å². The van der Waals surface area contributed by atoms with Gasteiger partial charge in [-0.25, -0.2) is 0 Å². The number of H-pyrrole nitrogens is 1. The van der Waals surface area contributed by atoms with Gasteiger partial charge in [0.15, 0.2) is 0 Å². The van der Waals surface area contributed by atoms with E-state index in [-0.39, 0.29) is 5.91 Å². The van der Waals surface area contributed by atoms with Gasteiger partial charge in [-0.05, 0) is 52.9 Å². The lowest BCUT2D eigenvalue weighted by Crippen LogP contribution is -2.13. The summed E-state index contributed by atoms with van der Waals surface area (Å²) in [4.78, 5) is 15.5. The molecule has 3 nitrogen and oxygen atoms in total. The fourth-order valence-electron chi connectivity index (χ4n) is 2.05. The number of nitrogens with one attached hydrogen (secondary N) is 2. The standard InChI is InChI=1S/C15H10ClIN2O/c16-10-4-5-13(12(17)8-10)19-15(20)11-3-1-2-9-6-7-18-14(9)11/h1-8,18H,(H,19,20). The molecule has 5 heteroatoms. The van der Waals surface area contributed by atoms with E-state index in [4.69, 9.17) is 11.6 Å². The summed E-state index contributed by atoms with van der Waals surface area (Å²) in [6.07, 6.45) is 1.83. The van der Waals surface area contributed by atoms with Crippen molar-refractivity contribution in [2.24, 2.45) is 0 Å². The molecule has 0 aliphatic rings. The number of rotatable bonds is 2. The van der Waals surface area contributed by atoms with Crippen LogP contribution < -0.4 is 5.32 Å². The minimum Gasteiger partial charge on any atom is -0.361 e. The number of aromatic nitrogens is 1. The Labute approximate surface area is 134 Å². The fraction of sp³-hybridized carbons (Fsp3) is 0. The first-order valence-electron chi connectivity index (χ1n) is 5.97. The highest BCUT2D eigenvalue weighted by molar-refractivity contribution is 14.1. The number of carbonyl (C=O) groups excluding carboxylic acids is 1. The summed E-state index contributed by atoms with van der Waals surface area (Å²) in [5, 5.41) is 4.58. The molecule has 0 spiro atoms. The molecule has 0 aliphatic heterocycles. The lowest BCUT2D eigenvalue weighted by molar-refractivity contribution is 0.102. The maximum Gasteiger partial charge on any atom is 0.257 e. The maximum absolute atomic E-state index is 12.4. The van der Waals surface area contributed by atoms with E-state index in [9.17, 15) is 4.79 Å². The number of carbonyl (C=O) groups is 1. The van der Waals surface area contributed by atoms with Crippen molar-refractivity contribution in [3.63, 3.8) is 0 Å². The molecular weight excluding hydrogens is 387 g/mol. The Hall–Kier alpha value is -1.53. The van der Waals surface area contributed by atoms with E-state index in [1.807, 2.05) is 30.5 Å². The average Bonchev–Trinajstić information content (AvgIpc) is 2.90. The molecule has 0 radical (unpaired) electrons. The van der Waals surface area contributed by atoms with Gasteiger partial charge in [-0.15, -0.1) is 0 Å². The molecule has 2 aromatic carbocycles. The molecular formula is C15H10ClIN2O. The molecule has 0 saturated carbocycles. The molecule has 2 N–H and O–H groups in total. The first-order chi connectivity index (χ1) is 9.65. The van der Waals surface area contributed by atoms with Crippen LogP contribution in [0.5, 0.6) is 0 Å². The number of benzene rings is 2. The Morgan fingerprint density at radius 2 is 2.05 bits per heavy atom. The van der Waals surface area contributed by atoms with Crippen LogP contribution in [0.2, 0.25) is 5.02 Å². The van der Waals surface area contributed by atoms with Crippen LogP contribution in [0.1, 0.15) is 10.4 Å². The van der Waals surface area contributed by atoms with E-state index in [0.717, 1.165) is 20.2 Å². The topological polar surface area (TPSA) is 44.9 Å². The molecule has 0 unspecified atom stereocenters. The second-order valence-electron chi connectivity index (χ2n) is 4.33. The number of hydrogen-bond acceptors (Lipinski definition) is 1. The molecule has 1 amide bonds. The Kier molecular flexibility index (Phi) is 3.67. The number of aromatic amines is 1. The first kappa shape index (κ1) is 13.5. The molecule has 3 aromatic rings. The lowest BCUT2D eigenvalue weighted by Gasteiger charge is -2.08. The van der Waals surface area contributed by atoms with Gasteiger partial charge in [0.05, 0.1) is 16.8 Å². The van der Waals surface area contributed by atoms with E-state index in [2.05, 4.69) is 32.9 Å². The van der Waals surface area contributed by atoms with E-state index in [1.54, 1.807) is 18.2 Å². The second kappa shape index (κ2) is 5.46. The number of halogens is 2. The van der Waals surface area contributed by atoms with E-state index in [0.29, 0.717) is 10.6 Å². The molecule has 0 atom stereocenters. The summed E-state index contributed by atoms with van der Waals surface area (Å²) < 4.78 is 0.905. The van der Waals surface area contributed by atoms with Crippen LogP contribution in [-0.2, 0) is 0 Å². The van der Waals surface area contributed by atoms with Gasteiger partial charge in [-0.2, -0.15) is 0 Å². The van der Waals surface area contributed by atoms with Crippen molar-refractivity contribution in [3.05, 3.63) is 62.8 Å². The van der Waals surface area contributed by atoms with Crippen molar-refractivity contribution < 1.29 is 4.79 Å². The summed E-state index contributed by atoms with van der Waals surface area (Å²) in [5.74, 6) is -0.140. The highest BCUT2D eigenvalue weighted by Gasteiger charge is 2.12. The maximum atomic E-state index is 12.4. The van der Waals surface area contributed by atoms with Crippen molar-refractivity contribution in [1.29, 1.82) is 0 Å². The van der Waals surface area contributed by atoms with Crippen molar-refractivity contribution in [1.82, 2.24) is 4.98 Å². The number of anilines is 1. The zero-order valence-electron chi connectivity index (χ0n) is 10.3. The van der Waals surface area contributed by atoms with Crippen molar-refractivity contribution in [2.75, 3.05) is 5.32 Å². The van der Waals surface area contributed by atoms with Gasteiger partial charge < -0.3 is 10.3 Å². The Bertz CT molecular complexity index is 797. The SMILES string of the molecule is O=C(Nc1ccc(Cl)cc1I)c1cccc2cc[nH]c12. The normalized spacial score (nSPS) is 10.7. The van der Waals surface area contributed by atoms with Crippen LogP contribution in [0.15, 0.2) is 48.7 Å².